The van der Waals surface area contributed by atoms with Gasteiger partial charge in [-0.15, -0.1) is 0 Å². The van der Waals surface area contributed by atoms with E-state index in [2.05, 4.69) is 20.8 Å². The smallest absolute Gasteiger partial charge is 0.262 e. The number of hydrogen-bond acceptors (Lipinski definition) is 4. The van der Waals surface area contributed by atoms with Crippen molar-refractivity contribution in [1.82, 2.24) is 10.0 Å². The number of ether oxygens (including phenoxy) is 1. The van der Waals surface area contributed by atoms with Gasteiger partial charge >= 0.3 is 0 Å². The van der Waals surface area contributed by atoms with Crippen molar-refractivity contribution in [2.45, 2.75) is 34.1 Å². The van der Waals surface area contributed by atoms with Gasteiger partial charge in [0.05, 0.1) is 19.0 Å². The highest BCUT2D eigenvalue weighted by atomic mass is 35.5. The zero-order valence-corrected chi connectivity index (χ0v) is 18.6. The molecule has 0 aliphatic heterocycles. The fraction of sp³-hybridized carbons (Fsp3) is 0.304. The summed E-state index contributed by atoms with van der Waals surface area (Å²) in [5.74, 6) is 0.651. The molecule has 1 aromatic heterocycles. The standard InChI is InChI=1S/C19H17ClN2O4.C4H10/c1-11-15(10-18(23)21-25)16-9-14(26-2)7-8-17(16)22(11)19(24)12-3-5-13(20)6-4-12;1-4(2)3/h3-9,25H,10H2,1-2H3,(H,21,23);4H,1-3H3. The molecule has 7 heteroatoms. The van der Waals surface area contributed by atoms with E-state index in [0.717, 1.165) is 5.92 Å². The lowest BCUT2D eigenvalue weighted by atomic mass is 10.1. The molecule has 1 amide bonds. The maximum Gasteiger partial charge on any atom is 0.262 e. The second-order valence-electron chi connectivity index (χ2n) is 7.54. The average molecular weight is 431 g/mol. The molecule has 0 atom stereocenters. The van der Waals surface area contributed by atoms with Crippen LogP contribution in [-0.4, -0.2) is 28.7 Å². The van der Waals surface area contributed by atoms with Crippen LogP contribution in [0.4, 0.5) is 0 Å². The molecule has 3 aromatic rings. The highest BCUT2D eigenvalue weighted by Crippen LogP contribution is 2.30. The van der Waals surface area contributed by atoms with Crippen molar-refractivity contribution in [2.24, 2.45) is 5.92 Å². The van der Waals surface area contributed by atoms with E-state index in [4.69, 9.17) is 21.5 Å². The van der Waals surface area contributed by atoms with E-state index in [1.54, 1.807) is 66.5 Å². The SMILES string of the molecule is CC(C)C.COc1ccc2c(c1)c(CC(=O)NO)c(C)n2C(=O)c1ccc(Cl)cc1. The Balaban J connectivity index is 0.000000735. The van der Waals surface area contributed by atoms with Crippen LogP contribution in [-0.2, 0) is 11.2 Å². The molecule has 0 bridgehead atoms. The van der Waals surface area contributed by atoms with E-state index in [-0.39, 0.29) is 12.3 Å². The second kappa shape index (κ2) is 10.3. The maximum atomic E-state index is 13.1. The molecule has 0 saturated carbocycles. The first-order chi connectivity index (χ1) is 14.2. The van der Waals surface area contributed by atoms with Crippen molar-refractivity contribution in [3.05, 3.63) is 64.3 Å². The topological polar surface area (TPSA) is 80.6 Å². The first-order valence-corrected chi connectivity index (χ1v) is 9.98. The van der Waals surface area contributed by atoms with Gasteiger partial charge in [0.15, 0.2) is 0 Å². The molecule has 0 spiro atoms. The Morgan fingerprint density at radius 1 is 1.13 bits per heavy atom. The van der Waals surface area contributed by atoms with Gasteiger partial charge in [-0.2, -0.15) is 0 Å². The number of hydrogen-bond donors (Lipinski definition) is 2. The number of halogens is 1. The largest absolute Gasteiger partial charge is 0.497 e. The number of methoxy groups -OCH3 is 1. The summed E-state index contributed by atoms with van der Waals surface area (Å²) in [6.07, 6.45) is -0.0626. The average Bonchev–Trinajstić information content (AvgIpc) is 2.98. The van der Waals surface area contributed by atoms with E-state index in [1.165, 1.54) is 0 Å². The van der Waals surface area contributed by atoms with Crippen molar-refractivity contribution in [1.29, 1.82) is 0 Å². The molecule has 30 heavy (non-hydrogen) atoms. The van der Waals surface area contributed by atoms with Crippen molar-refractivity contribution >= 4 is 34.3 Å². The third kappa shape index (κ3) is 5.40. The first-order valence-electron chi connectivity index (χ1n) is 9.60. The number of rotatable bonds is 4. The fourth-order valence-corrected chi connectivity index (χ4v) is 3.12. The zero-order chi connectivity index (χ0) is 22.4. The molecule has 0 aliphatic carbocycles. The van der Waals surface area contributed by atoms with Crippen molar-refractivity contribution in [2.75, 3.05) is 7.11 Å². The number of amides is 1. The van der Waals surface area contributed by atoms with Crippen LogP contribution in [0.5, 0.6) is 5.75 Å². The fourth-order valence-electron chi connectivity index (χ4n) is 3.00. The van der Waals surface area contributed by atoms with Gasteiger partial charge < -0.3 is 4.74 Å². The number of nitrogens with one attached hydrogen (secondary N) is 1. The minimum atomic E-state index is -0.561. The molecule has 6 nitrogen and oxygen atoms in total. The molecular formula is C23H27ClN2O4. The first kappa shape index (κ1) is 23.4. The number of carbonyl (C=O) groups is 2. The van der Waals surface area contributed by atoms with Gasteiger partial charge in [0.25, 0.3) is 5.91 Å². The highest BCUT2D eigenvalue weighted by molar-refractivity contribution is 6.30. The van der Waals surface area contributed by atoms with Crippen LogP contribution >= 0.6 is 11.6 Å². The van der Waals surface area contributed by atoms with Gasteiger partial charge in [0, 0.05) is 21.7 Å². The van der Waals surface area contributed by atoms with Crippen molar-refractivity contribution in [3.8, 4) is 5.75 Å². The summed E-state index contributed by atoms with van der Waals surface area (Å²) < 4.78 is 6.81. The van der Waals surface area contributed by atoms with E-state index < -0.39 is 5.91 Å². The normalized spacial score (nSPS) is 10.5. The van der Waals surface area contributed by atoms with Crippen LogP contribution in [0, 0.1) is 12.8 Å². The summed E-state index contributed by atoms with van der Waals surface area (Å²) in [6.45, 7) is 8.26. The molecule has 160 valence electrons. The van der Waals surface area contributed by atoms with E-state index in [0.29, 0.717) is 38.5 Å². The molecule has 0 unspecified atom stereocenters. The number of nitrogens with zero attached hydrogens (tertiary/aromatic N) is 1. The summed E-state index contributed by atoms with van der Waals surface area (Å²) in [6, 6.07) is 11.9. The summed E-state index contributed by atoms with van der Waals surface area (Å²) in [7, 11) is 1.55. The summed E-state index contributed by atoms with van der Waals surface area (Å²) in [5, 5.41) is 10.1. The predicted molar refractivity (Wildman–Crippen MR) is 119 cm³/mol. The van der Waals surface area contributed by atoms with Crippen LogP contribution < -0.4 is 10.2 Å². The van der Waals surface area contributed by atoms with Gasteiger partial charge in [-0.1, -0.05) is 32.4 Å². The quantitative estimate of drug-likeness (QED) is 0.450. The summed E-state index contributed by atoms with van der Waals surface area (Å²) in [5.41, 5.74) is 4.03. The molecule has 0 aliphatic rings. The lowest BCUT2D eigenvalue weighted by Crippen LogP contribution is -2.21. The van der Waals surface area contributed by atoms with Crippen LogP contribution in [0.1, 0.15) is 42.4 Å². The van der Waals surface area contributed by atoms with Crippen LogP contribution in [0.25, 0.3) is 10.9 Å². The molecular weight excluding hydrogens is 404 g/mol. The van der Waals surface area contributed by atoms with Gasteiger partial charge in [-0.05, 0) is 60.9 Å². The number of fused-ring (bicyclic) bond motifs is 1. The van der Waals surface area contributed by atoms with Gasteiger partial charge in [-0.3, -0.25) is 19.4 Å². The molecule has 0 fully saturated rings. The zero-order valence-electron chi connectivity index (χ0n) is 17.8. The van der Waals surface area contributed by atoms with Crippen molar-refractivity contribution < 1.29 is 19.5 Å². The molecule has 0 saturated heterocycles. The minimum absolute atomic E-state index is 0.0626. The van der Waals surface area contributed by atoms with Gasteiger partial charge in [-0.25, -0.2) is 5.48 Å². The minimum Gasteiger partial charge on any atom is -0.497 e. The second-order valence-corrected chi connectivity index (χ2v) is 7.97. The van der Waals surface area contributed by atoms with Crippen molar-refractivity contribution in [3.63, 3.8) is 0 Å². The van der Waals surface area contributed by atoms with E-state index in [9.17, 15) is 9.59 Å². The number of hydroxylamine groups is 1. The van der Waals surface area contributed by atoms with Gasteiger partial charge in [0.2, 0.25) is 5.91 Å². The molecule has 2 N–H and O–H groups in total. The Labute approximate surface area is 181 Å². The maximum absolute atomic E-state index is 13.1. The van der Waals surface area contributed by atoms with Gasteiger partial charge in [0.1, 0.15) is 5.75 Å². The highest BCUT2D eigenvalue weighted by Gasteiger charge is 2.21. The molecule has 0 radical (unpaired) electrons. The Morgan fingerprint density at radius 3 is 2.27 bits per heavy atom. The third-order valence-electron chi connectivity index (χ3n) is 4.30. The lowest BCUT2D eigenvalue weighted by molar-refractivity contribution is -0.128. The van der Waals surface area contributed by atoms with E-state index >= 15 is 0 Å². The lowest BCUT2D eigenvalue weighted by Gasteiger charge is -2.08. The summed E-state index contributed by atoms with van der Waals surface area (Å²) in [4.78, 5) is 24.8. The molecule has 1 heterocycles. The Bertz CT molecular complexity index is 1040. The Morgan fingerprint density at radius 2 is 1.73 bits per heavy atom. The predicted octanol–water partition coefficient (Wildman–Crippen LogP) is 5.01. The number of carbonyl (C=O) groups excluding carboxylic acids is 2. The number of benzene rings is 2. The van der Waals surface area contributed by atoms with Crippen LogP contribution in [0.2, 0.25) is 5.02 Å². The molecule has 2 aromatic carbocycles. The number of aromatic nitrogens is 1. The summed E-state index contributed by atoms with van der Waals surface area (Å²) >= 11 is 5.90. The monoisotopic (exact) mass is 430 g/mol. The van der Waals surface area contributed by atoms with Crippen LogP contribution in [0.3, 0.4) is 0 Å². The Hall–Kier alpha value is -2.83. The van der Waals surface area contributed by atoms with E-state index in [1.807, 2.05) is 0 Å². The van der Waals surface area contributed by atoms with Crippen LogP contribution in [0.15, 0.2) is 42.5 Å². The molecule has 3 rings (SSSR count). The Kier molecular flexibility index (Phi) is 8.03. The third-order valence-corrected chi connectivity index (χ3v) is 4.55.